The summed E-state index contributed by atoms with van der Waals surface area (Å²) in [5.74, 6) is -1.84. The minimum atomic E-state index is -0.656. The van der Waals surface area contributed by atoms with Crippen molar-refractivity contribution in [2.45, 2.75) is 0 Å². The van der Waals surface area contributed by atoms with Gasteiger partial charge >= 0.3 is 5.97 Å². The summed E-state index contributed by atoms with van der Waals surface area (Å²) in [4.78, 5) is 53.7. The number of hydrogen-bond acceptors (Lipinski definition) is 7. The highest BCUT2D eigenvalue weighted by Gasteiger charge is 2.36. The van der Waals surface area contributed by atoms with Gasteiger partial charge in [-0.3, -0.25) is 24.3 Å². The van der Waals surface area contributed by atoms with Crippen LogP contribution >= 0.6 is 23.4 Å². The van der Waals surface area contributed by atoms with Gasteiger partial charge in [0.15, 0.2) is 0 Å². The van der Waals surface area contributed by atoms with Gasteiger partial charge in [0.2, 0.25) is 5.91 Å². The lowest BCUT2D eigenvalue weighted by Crippen LogP contribution is -2.36. The van der Waals surface area contributed by atoms with Crippen molar-refractivity contribution in [3.05, 3.63) is 63.8 Å². The van der Waals surface area contributed by atoms with Crippen LogP contribution in [0.5, 0.6) is 0 Å². The van der Waals surface area contributed by atoms with Gasteiger partial charge in [0.05, 0.1) is 28.3 Å². The van der Waals surface area contributed by atoms with E-state index in [-0.39, 0.29) is 21.2 Å². The van der Waals surface area contributed by atoms with Crippen molar-refractivity contribution >= 4 is 58.1 Å². The number of anilines is 1. The summed E-state index contributed by atoms with van der Waals surface area (Å²) >= 11 is 6.68. The van der Waals surface area contributed by atoms with Gasteiger partial charge in [-0.15, -0.1) is 0 Å². The molecule has 1 N–H and O–H groups in total. The third-order valence-corrected chi connectivity index (χ3v) is 5.03. The number of imide groups is 1. The van der Waals surface area contributed by atoms with E-state index in [4.69, 9.17) is 11.6 Å². The molecule has 2 heterocycles. The number of ether oxygens (including phenoxy) is 1. The van der Waals surface area contributed by atoms with E-state index in [2.05, 4.69) is 15.0 Å². The molecular weight excluding hydrogens is 418 g/mol. The van der Waals surface area contributed by atoms with Crippen molar-refractivity contribution in [3.8, 4) is 0 Å². The number of halogens is 1. The molecule has 1 aromatic carbocycles. The average molecular weight is 432 g/mol. The third kappa shape index (κ3) is 4.82. The summed E-state index contributed by atoms with van der Waals surface area (Å²) in [7, 11) is 1.21. The summed E-state index contributed by atoms with van der Waals surface area (Å²) in [5.41, 5.74) is 0.881. The second-order valence-electron chi connectivity index (χ2n) is 5.76. The van der Waals surface area contributed by atoms with Gasteiger partial charge in [0.1, 0.15) is 6.54 Å². The van der Waals surface area contributed by atoms with Crippen molar-refractivity contribution in [2.24, 2.45) is 0 Å². The Hall–Kier alpha value is -3.17. The zero-order valence-corrected chi connectivity index (χ0v) is 16.6. The number of aromatic nitrogens is 1. The molecule has 0 unspecified atom stereocenters. The Morgan fingerprint density at radius 3 is 2.76 bits per heavy atom. The molecule has 0 saturated carbocycles. The zero-order valence-electron chi connectivity index (χ0n) is 15.0. The Morgan fingerprint density at radius 1 is 1.28 bits per heavy atom. The Morgan fingerprint density at radius 2 is 2.07 bits per heavy atom. The van der Waals surface area contributed by atoms with E-state index in [0.29, 0.717) is 5.69 Å². The first-order valence-corrected chi connectivity index (χ1v) is 9.42. The Balaban J connectivity index is 1.69. The van der Waals surface area contributed by atoms with Crippen molar-refractivity contribution in [1.82, 2.24) is 9.88 Å². The van der Waals surface area contributed by atoms with Crippen molar-refractivity contribution in [1.29, 1.82) is 0 Å². The summed E-state index contributed by atoms with van der Waals surface area (Å²) < 4.78 is 4.63. The molecule has 3 rings (SSSR count). The summed E-state index contributed by atoms with van der Waals surface area (Å²) in [6, 6.07) is 9.45. The maximum absolute atomic E-state index is 12.5. The van der Waals surface area contributed by atoms with Gasteiger partial charge in [0.25, 0.3) is 11.1 Å². The standard InChI is InChI=1S/C19H14ClN3O5S/c1-28-18(26)13-8-12(5-6-14(13)20)22-16(24)10-23-17(25)15(29-19(23)27)9-11-4-2-3-7-21-11/h2-9H,10H2,1H3,(H,22,24)/b15-9-. The first-order chi connectivity index (χ1) is 13.9. The number of pyridine rings is 1. The Kier molecular flexibility index (Phi) is 6.30. The number of methoxy groups -OCH3 is 1. The fraction of sp³-hybridized carbons (Fsp3) is 0.105. The first-order valence-electron chi connectivity index (χ1n) is 8.23. The molecule has 0 bridgehead atoms. The Labute approximate surface area is 174 Å². The smallest absolute Gasteiger partial charge is 0.339 e. The summed E-state index contributed by atoms with van der Waals surface area (Å²) in [6.45, 7) is -0.472. The monoisotopic (exact) mass is 431 g/mol. The number of nitrogens with one attached hydrogen (secondary N) is 1. The van der Waals surface area contributed by atoms with E-state index < -0.39 is 29.6 Å². The highest BCUT2D eigenvalue weighted by molar-refractivity contribution is 8.18. The number of rotatable bonds is 5. The largest absolute Gasteiger partial charge is 0.465 e. The van der Waals surface area contributed by atoms with E-state index in [1.807, 2.05) is 0 Å². The number of nitrogens with zero attached hydrogens (tertiary/aromatic N) is 2. The quantitative estimate of drug-likeness (QED) is 0.572. The molecule has 1 aliphatic rings. The van der Waals surface area contributed by atoms with Crippen LogP contribution in [0.3, 0.4) is 0 Å². The number of hydrogen-bond donors (Lipinski definition) is 1. The number of thioether (sulfide) groups is 1. The molecule has 1 aliphatic heterocycles. The first kappa shape index (κ1) is 20.6. The molecule has 0 spiro atoms. The molecule has 2 aromatic rings. The zero-order chi connectivity index (χ0) is 21.0. The highest BCUT2D eigenvalue weighted by atomic mass is 35.5. The minimum Gasteiger partial charge on any atom is -0.465 e. The molecule has 1 fully saturated rings. The molecule has 8 nitrogen and oxygen atoms in total. The molecule has 29 heavy (non-hydrogen) atoms. The fourth-order valence-corrected chi connectivity index (χ4v) is 3.46. The third-order valence-electron chi connectivity index (χ3n) is 3.80. The van der Waals surface area contributed by atoms with Gasteiger partial charge in [-0.2, -0.15) is 0 Å². The maximum atomic E-state index is 12.5. The molecule has 148 valence electrons. The van der Waals surface area contributed by atoms with Crippen LogP contribution in [0.4, 0.5) is 10.5 Å². The molecule has 0 radical (unpaired) electrons. The molecule has 0 aliphatic carbocycles. The van der Waals surface area contributed by atoms with E-state index in [1.165, 1.54) is 31.4 Å². The van der Waals surface area contributed by atoms with Crippen molar-refractivity contribution in [2.75, 3.05) is 19.0 Å². The highest BCUT2D eigenvalue weighted by Crippen LogP contribution is 2.31. The van der Waals surface area contributed by atoms with E-state index in [1.54, 1.807) is 24.4 Å². The SMILES string of the molecule is COC(=O)c1cc(NC(=O)CN2C(=O)S/C(=C\c3ccccn3)C2=O)ccc1Cl. The summed E-state index contributed by atoms with van der Waals surface area (Å²) in [6.07, 6.45) is 3.06. The van der Waals surface area contributed by atoms with Crippen LogP contribution in [0.25, 0.3) is 6.08 Å². The lowest BCUT2D eigenvalue weighted by Gasteiger charge is -2.13. The normalized spacial score (nSPS) is 15.0. The van der Waals surface area contributed by atoms with Gasteiger partial charge in [-0.25, -0.2) is 4.79 Å². The predicted octanol–water partition coefficient (Wildman–Crippen LogP) is 3.20. The minimum absolute atomic E-state index is 0.0800. The Bertz CT molecular complexity index is 1030. The molecule has 1 aromatic heterocycles. The van der Waals surface area contributed by atoms with E-state index >= 15 is 0 Å². The van der Waals surface area contributed by atoms with Crippen LogP contribution in [0.1, 0.15) is 16.1 Å². The van der Waals surface area contributed by atoms with Gasteiger partial charge in [-0.1, -0.05) is 17.7 Å². The molecular formula is C19H14ClN3O5S. The van der Waals surface area contributed by atoms with Crippen LogP contribution in [0.15, 0.2) is 47.5 Å². The number of carbonyl (C=O) groups is 4. The van der Waals surface area contributed by atoms with Crippen molar-refractivity contribution in [3.63, 3.8) is 0 Å². The molecule has 1 saturated heterocycles. The van der Waals surface area contributed by atoms with Crippen LogP contribution < -0.4 is 5.32 Å². The second kappa shape index (κ2) is 8.89. The average Bonchev–Trinajstić information content (AvgIpc) is 2.97. The number of benzene rings is 1. The number of amides is 3. The van der Waals surface area contributed by atoms with Crippen LogP contribution in [0.2, 0.25) is 5.02 Å². The van der Waals surface area contributed by atoms with Gasteiger partial charge in [0, 0.05) is 11.9 Å². The molecule has 0 atom stereocenters. The van der Waals surface area contributed by atoms with Crippen LogP contribution in [0, 0.1) is 0 Å². The predicted molar refractivity (Wildman–Crippen MR) is 108 cm³/mol. The van der Waals surface area contributed by atoms with Crippen molar-refractivity contribution < 1.29 is 23.9 Å². The van der Waals surface area contributed by atoms with Gasteiger partial charge < -0.3 is 10.1 Å². The lowest BCUT2D eigenvalue weighted by atomic mass is 10.2. The fourth-order valence-electron chi connectivity index (χ4n) is 2.45. The van der Waals surface area contributed by atoms with E-state index in [0.717, 1.165) is 16.7 Å². The molecule has 10 heteroatoms. The van der Waals surface area contributed by atoms with Crippen LogP contribution in [-0.4, -0.2) is 46.6 Å². The number of esters is 1. The molecule has 3 amide bonds. The maximum Gasteiger partial charge on any atom is 0.339 e. The van der Waals surface area contributed by atoms with Crippen LogP contribution in [-0.2, 0) is 14.3 Å². The summed E-state index contributed by atoms with van der Waals surface area (Å²) in [5, 5.41) is 2.14. The topological polar surface area (TPSA) is 106 Å². The lowest BCUT2D eigenvalue weighted by molar-refractivity contribution is -0.127. The second-order valence-corrected chi connectivity index (χ2v) is 7.16. The van der Waals surface area contributed by atoms with Gasteiger partial charge in [-0.05, 0) is 48.2 Å². The van der Waals surface area contributed by atoms with E-state index in [9.17, 15) is 19.2 Å². The number of carbonyl (C=O) groups excluding carboxylic acids is 4.